The lowest BCUT2D eigenvalue weighted by molar-refractivity contribution is 0.0690. The average molecular weight is 304 g/mol. The van der Waals surface area contributed by atoms with Crippen LogP contribution in [0.15, 0.2) is 12.1 Å². The fourth-order valence-electron chi connectivity index (χ4n) is 2.45. The SMILES string of the molecule is CC(C)(C)c1cc2nc(C(=O)O)cc(N3CCOCC3)n2n1. The molecule has 0 radical (unpaired) electrons. The first-order valence-electron chi connectivity index (χ1n) is 7.33. The zero-order chi connectivity index (χ0) is 15.9. The van der Waals surface area contributed by atoms with E-state index in [-0.39, 0.29) is 11.1 Å². The molecule has 7 heteroatoms. The predicted molar refractivity (Wildman–Crippen MR) is 81.7 cm³/mol. The number of rotatable bonds is 2. The van der Waals surface area contributed by atoms with Crippen molar-refractivity contribution in [1.29, 1.82) is 0 Å². The van der Waals surface area contributed by atoms with Gasteiger partial charge in [0.15, 0.2) is 11.3 Å². The Kier molecular flexibility index (Phi) is 3.52. The molecule has 0 amide bonds. The number of carboxylic acid groups (broad SMARTS) is 1. The van der Waals surface area contributed by atoms with E-state index in [9.17, 15) is 9.90 Å². The van der Waals surface area contributed by atoms with Gasteiger partial charge in [-0.2, -0.15) is 9.61 Å². The molecule has 0 unspecified atom stereocenters. The number of aromatic carboxylic acids is 1. The number of anilines is 1. The molecule has 22 heavy (non-hydrogen) atoms. The molecule has 3 heterocycles. The lowest BCUT2D eigenvalue weighted by Gasteiger charge is -2.29. The van der Waals surface area contributed by atoms with Crippen molar-refractivity contribution >= 4 is 17.4 Å². The molecule has 1 saturated heterocycles. The fraction of sp³-hybridized carbons (Fsp3) is 0.533. The van der Waals surface area contributed by atoms with E-state index in [2.05, 4.69) is 35.8 Å². The minimum atomic E-state index is -1.03. The van der Waals surface area contributed by atoms with E-state index in [0.717, 1.165) is 11.5 Å². The van der Waals surface area contributed by atoms with Gasteiger partial charge in [0.05, 0.1) is 18.9 Å². The van der Waals surface area contributed by atoms with E-state index in [0.29, 0.717) is 32.0 Å². The van der Waals surface area contributed by atoms with Crippen LogP contribution in [0.25, 0.3) is 5.65 Å². The number of carboxylic acids is 1. The van der Waals surface area contributed by atoms with E-state index in [4.69, 9.17) is 4.74 Å². The number of carbonyl (C=O) groups is 1. The molecule has 0 aromatic carbocycles. The average Bonchev–Trinajstić information content (AvgIpc) is 2.91. The Labute approximate surface area is 128 Å². The summed E-state index contributed by atoms with van der Waals surface area (Å²) in [7, 11) is 0. The zero-order valence-electron chi connectivity index (χ0n) is 13.0. The van der Waals surface area contributed by atoms with E-state index in [1.165, 1.54) is 0 Å². The van der Waals surface area contributed by atoms with Crippen molar-refractivity contribution in [2.24, 2.45) is 0 Å². The summed E-state index contributed by atoms with van der Waals surface area (Å²) in [5.41, 5.74) is 1.36. The normalized spacial score (nSPS) is 16.2. The van der Waals surface area contributed by atoms with Gasteiger partial charge in [0.2, 0.25) is 0 Å². The van der Waals surface area contributed by atoms with Crippen molar-refractivity contribution in [2.45, 2.75) is 26.2 Å². The van der Waals surface area contributed by atoms with Gasteiger partial charge in [-0.1, -0.05) is 20.8 Å². The van der Waals surface area contributed by atoms with Gasteiger partial charge in [-0.3, -0.25) is 0 Å². The highest BCUT2D eigenvalue weighted by Gasteiger charge is 2.23. The third-order valence-electron chi connectivity index (χ3n) is 3.73. The maximum Gasteiger partial charge on any atom is 0.354 e. The van der Waals surface area contributed by atoms with Gasteiger partial charge in [0.25, 0.3) is 0 Å². The van der Waals surface area contributed by atoms with Crippen LogP contribution in [0, 0.1) is 0 Å². The van der Waals surface area contributed by atoms with Gasteiger partial charge in [-0.05, 0) is 0 Å². The van der Waals surface area contributed by atoms with Gasteiger partial charge in [0.1, 0.15) is 5.82 Å². The number of hydrogen-bond acceptors (Lipinski definition) is 5. The highest BCUT2D eigenvalue weighted by molar-refractivity contribution is 5.87. The predicted octanol–water partition coefficient (Wildman–Crippen LogP) is 1.56. The topological polar surface area (TPSA) is 80.0 Å². The van der Waals surface area contributed by atoms with Crippen molar-refractivity contribution in [2.75, 3.05) is 31.2 Å². The molecule has 1 N–H and O–H groups in total. The largest absolute Gasteiger partial charge is 0.477 e. The van der Waals surface area contributed by atoms with E-state index in [1.54, 1.807) is 10.6 Å². The second-order valence-electron chi connectivity index (χ2n) is 6.45. The van der Waals surface area contributed by atoms with Crippen LogP contribution in [-0.2, 0) is 10.2 Å². The van der Waals surface area contributed by atoms with Crippen LogP contribution in [0.4, 0.5) is 5.82 Å². The Morgan fingerprint density at radius 2 is 1.95 bits per heavy atom. The van der Waals surface area contributed by atoms with Crippen molar-refractivity contribution in [1.82, 2.24) is 14.6 Å². The second-order valence-corrected chi connectivity index (χ2v) is 6.45. The van der Waals surface area contributed by atoms with Crippen molar-refractivity contribution in [3.63, 3.8) is 0 Å². The summed E-state index contributed by atoms with van der Waals surface area (Å²) in [6.45, 7) is 8.88. The molecule has 1 aliphatic heterocycles. The Bertz CT molecular complexity index is 711. The monoisotopic (exact) mass is 304 g/mol. The minimum absolute atomic E-state index is 0.0364. The van der Waals surface area contributed by atoms with Crippen LogP contribution in [-0.4, -0.2) is 52.0 Å². The second kappa shape index (κ2) is 5.24. The fourth-order valence-corrected chi connectivity index (χ4v) is 2.45. The van der Waals surface area contributed by atoms with Crippen molar-refractivity contribution in [3.8, 4) is 0 Å². The van der Waals surface area contributed by atoms with Crippen LogP contribution in [0.2, 0.25) is 0 Å². The lowest BCUT2D eigenvalue weighted by Crippen LogP contribution is -2.37. The van der Waals surface area contributed by atoms with Crippen LogP contribution in [0.5, 0.6) is 0 Å². The molecule has 2 aromatic rings. The Balaban J connectivity index is 2.18. The number of nitrogens with zero attached hydrogens (tertiary/aromatic N) is 4. The van der Waals surface area contributed by atoms with Gasteiger partial charge < -0.3 is 14.7 Å². The third kappa shape index (κ3) is 2.64. The van der Waals surface area contributed by atoms with E-state index >= 15 is 0 Å². The van der Waals surface area contributed by atoms with Gasteiger partial charge in [-0.25, -0.2) is 9.78 Å². The van der Waals surface area contributed by atoms with Gasteiger partial charge >= 0.3 is 5.97 Å². The molecule has 2 aromatic heterocycles. The molecule has 3 rings (SSSR count). The number of ether oxygens (including phenoxy) is 1. The zero-order valence-corrected chi connectivity index (χ0v) is 13.0. The van der Waals surface area contributed by atoms with Crippen molar-refractivity contribution in [3.05, 3.63) is 23.5 Å². The summed E-state index contributed by atoms with van der Waals surface area (Å²) in [6, 6.07) is 3.44. The summed E-state index contributed by atoms with van der Waals surface area (Å²) < 4.78 is 7.10. The highest BCUT2D eigenvalue weighted by Crippen LogP contribution is 2.25. The van der Waals surface area contributed by atoms with Gasteiger partial charge in [-0.15, -0.1) is 0 Å². The summed E-state index contributed by atoms with van der Waals surface area (Å²) in [5, 5.41) is 13.9. The van der Waals surface area contributed by atoms with Crippen LogP contribution < -0.4 is 4.90 Å². The summed E-state index contributed by atoms with van der Waals surface area (Å²) in [5.74, 6) is -0.281. The molecule has 1 fully saturated rings. The van der Waals surface area contributed by atoms with Crippen LogP contribution in [0.3, 0.4) is 0 Å². The first-order chi connectivity index (χ1) is 10.4. The summed E-state index contributed by atoms with van der Waals surface area (Å²) in [4.78, 5) is 17.6. The Morgan fingerprint density at radius 3 is 2.55 bits per heavy atom. The molecular formula is C15H20N4O3. The highest BCUT2D eigenvalue weighted by atomic mass is 16.5. The molecule has 0 bridgehead atoms. The van der Waals surface area contributed by atoms with Crippen LogP contribution in [0.1, 0.15) is 37.0 Å². The van der Waals surface area contributed by atoms with E-state index < -0.39 is 5.97 Å². The molecular weight excluding hydrogens is 284 g/mol. The van der Waals surface area contributed by atoms with E-state index in [1.807, 2.05) is 6.07 Å². The first-order valence-corrected chi connectivity index (χ1v) is 7.33. The van der Waals surface area contributed by atoms with Crippen LogP contribution >= 0.6 is 0 Å². The maximum absolute atomic E-state index is 11.3. The Hall–Kier alpha value is -2.15. The smallest absolute Gasteiger partial charge is 0.354 e. The third-order valence-corrected chi connectivity index (χ3v) is 3.73. The molecule has 7 nitrogen and oxygen atoms in total. The minimum Gasteiger partial charge on any atom is -0.477 e. The number of morpholine rings is 1. The summed E-state index contributed by atoms with van der Waals surface area (Å²) >= 11 is 0. The molecule has 1 aliphatic rings. The molecule has 0 saturated carbocycles. The number of hydrogen-bond donors (Lipinski definition) is 1. The summed E-state index contributed by atoms with van der Waals surface area (Å²) in [6.07, 6.45) is 0. The van der Waals surface area contributed by atoms with Gasteiger partial charge in [0, 0.05) is 30.6 Å². The molecule has 118 valence electrons. The van der Waals surface area contributed by atoms with Crippen molar-refractivity contribution < 1.29 is 14.6 Å². The molecule has 0 atom stereocenters. The quantitative estimate of drug-likeness (QED) is 0.907. The first kappa shape index (κ1) is 14.8. The maximum atomic E-state index is 11.3. The lowest BCUT2D eigenvalue weighted by atomic mass is 9.93. The number of fused-ring (bicyclic) bond motifs is 1. The standard InChI is InChI=1S/C15H20N4O3/c1-15(2,3)11-9-12-16-10(14(20)21)8-13(19(12)17-11)18-4-6-22-7-5-18/h8-9H,4-7H2,1-3H3,(H,20,21). The molecule has 0 aliphatic carbocycles. The Morgan fingerprint density at radius 1 is 1.27 bits per heavy atom. The number of aromatic nitrogens is 3. The molecule has 0 spiro atoms.